The van der Waals surface area contributed by atoms with E-state index in [4.69, 9.17) is 10.4 Å². The first-order valence-corrected chi connectivity index (χ1v) is 4.43. The smallest absolute Gasteiger partial charge is 0.332 e. The minimum absolute atomic E-state index is 0.0879. The first kappa shape index (κ1) is 9.49. The average molecular weight is 193 g/mol. The van der Waals surface area contributed by atoms with Crippen molar-refractivity contribution in [1.29, 1.82) is 5.26 Å². The van der Waals surface area contributed by atoms with Crippen molar-refractivity contribution >= 4 is 22.9 Å². The Labute approximate surface area is 79.6 Å². The molecule has 0 aliphatic carbocycles. The lowest BCUT2D eigenvalue weighted by molar-refractivity contribution is -0.132. The van der Waals surface area contributed by atoms with Crippen LogP contribution in [0.2, 0.25) is 0 Å². The molecule has 3 nitrogen and oxygen atoms in total. The molecule has 1 aromatic rings. The summed E-state index contributed by atoms with van der Waals surface area (Å²) in [6.45, 7) is 1.43. The van der Waals surface area contributed by atoms with Gasteiger partial charge < -0.3 is 5.11 Å². The predicted molar refractivity (Wildman–Crippen MR) is 50.2 cm³/mol. The normalized spacial score (nSPS) is 11.7. The third kappa shape index (κ3) is 1.95. The molecule has 0 saturated carbocycles. The SMILES string of the molecule is CC(C(=O)O)=C(C#N)c1cccs1. The zero-order valence-corrected chi connectivity index (χ0v) is 7.76. The molecule has 0 amide bonds. The summed E-state index contributed by atoms with van der Waals surface area (Å²) in [5, 5.41) is 19.2. The Kier molecular flexibility index (Phi) is 2.83. The van der Waals surface area contributed by atoms with E-state index in [-0.39, 0.29) is 11.1 Å². The maximum absolute atomic E-state index is 10.6. The van der Waals surface area contributed by atoms with Crippen molar-refractivity contribution in [1.82, 2.24) is 0 Å². The topological polar surface area (TPSA) is 61.1 Å². The van der Waals surface area contributed by atoms with Gasteiger partial charge in [-0.1, -0.05) is 6.07 Å². The predicted octanol–water partition coefficient (Wildman–Crippen LogP) is 2.13. The molecule has 0 spiro atoms. The molecular weight excluding hydrogens is 186 g/mol. The fraction of sp³-hybridized carbons (Fsp3) is 0.111. The summed E-state index contributed by atoms with van der Waals surface area (Å²) in [7, 11) is 0. The number of aliphatic carboxylic acids is 1. The summed E-state index contributed by atoms with van der Waals surface area (Å²) in [6.07, 6.45) is 0. The minimum Gasteiger partial charge on any atom is -0.478 e. The molecule has 0 unspecified atom stereocenters. The van der Waals surface area contributed by atoms with Crippen molar-refractivity contribution in [2.75, 3.05) is 0 Å². The van der Waals surface area contributed by atoms with Gasteiger partial charge in [-0.3, -0.25) is 0 Å². The third-order valence-electron chi connectivity index (χ3n) is 1.58. The van der Waals surface area contributed by atoms with Crippen LogP contribution >= 0.6 is 11.3 Å². The molecule has 4 heteroatoms. The molecule has 0 aromatic carbocycles. The Bertz CT molecular complexity index is 384. The average Bonchev–Trinajstić information content (AvgIpc) is 2.58. The molecule has 0 aliphatic heterocycles. The van der Waals surface area contributed by atoms with E-state index in [2.05, 4.69) is 0 Å². The molecule has 66 valence electrons. The second kappa shape index (κ2) is 3.87. The van der Waals surface area contributed by atoms with Gasteiger partial charge in [0, 0.05) is 4.88 Å². The van der Waals surface area contributed by atoms with E-state index in [0.717, 1.165) is 0 Å². The van der Waals surface area contributed by atoms with Crippen LogP contribution in [0, 0.1) is 11.3 Å². The van der Waals surface area contributed by atoms with E-state index >= 15 is 0 Å². The summed E-state index contributed by atoms with van der Waals surface area (Å²) >= 11 is 1.36. The lowest BCUT2D eigenvalue weighted by atomic mass is 10.1. The second-order valence-electron chi connectivity index (χ2n) is 2.39. The summed E-state index contributed by atoms with van der Waals surface area (Å²) in [4.78, 5) is 11.3. The van der Waals surface area contributed by atoms with Crippen LogP contribution in [-0.4, -0.2) is 11.1 Å². The zero-order chi connectivity index (χ0) is 9.84. The Morgan fingerprint density at radius 3 is 2.77 bits per heavy atom. The van der Waals surface area contributed by atoms with Crippen molar-refractivity contribution in [3.63, 3.8) is 0 Å². The van der Waals surface area contributed by atoms with E-state index in [9.17, 15) is 4.79 Å². The number of nitriles is 1. The number of hydrogen-bond acceptors (Lipinski definition) is 3. The van der Waals surface area contributed by atoms with Crippen molar-refractivity contribution in [3.05, 3.63) is 28.0 Å². The Balaban J connectivity index is 3.21. The number of nitrogens with zero attached hydrogens (tertiary/aromatic N) is 1. The zero-order valence-electron chi connectivity index (χ0n) is 6.94. The van der Waals surface area contributed by atoms with Gasteiger partial charge in [-0.15, -0.1) is 11.3 Å². The standard InChI is InChI=1S/C9H7NO2S/c1-6(9(11)12)7(5-10)8-3-2-4-13-8/h2-4H,1H3,(H,11,12). The maximum atomic E-state index is 10.6. The fourth-order valence-corrected chi connectivity index (χ4v) is 1.63. The van der Waals surface area contributed by atoms with Gasteiger partial charge >= 0.3 is 5.97 Å². The highest BCUT2D eigenvalue weighted by atomic mass is 32.1. The van der Waals surface area contributed by atoms with Gasteiger partial charge in [0.05, 0.1) is 11.1 Å². The summed E-state index contributed by atoms with van der Waals surface area (Å²) in [5.41, 5.74) is 0.326. The molecule has 0 aliphatic rings. The number of carboxylic acid groups (broad SMARTS) is 1. The number of allylic oxidation sites excluding steroid dienone is 1. The molecule has 1 N–H and O–H groups in total. The quantitative estimate of drug-likeness (QED) is 0.578. The molecule has 0 fully saturated rings. The fourth-order valence-electron chi connectivity index (χ4n) is 0.851. The van der Waals surface area contributed by atoms with Gasteiger partial charge in [-0.25, -0.2) is 4.79 Å². The van der Waals surface area contributed by atoms with Gasteiger partial charge in [0.15, 0.2) is 0 Å². The maximum Gasteiger partial charge on any atom is 0.332 e. The number of hydrogen-bond donors (Lipinski definition) is 1. The molecule has 1 rings (SSSR count). The molecule has 1 heterocycles. The molecule has 0 atom stereocenters. The van der Waals surface area contributed by atoms with Crippen LogP contribution in [0.3, 0.4) is 0 Å². The third-order valence-corrected chi connectivity index (χ3v) is 2.46. The van der Waals surface area contributed by atoms with Gasteiger partial charge in [-0.05, 0) is 18.4 Å². The molecule has 0 saturated heterocycles. The van der Waals surface area contributed by atoms with E-state index in [0.29, 0.717) is 4.88 Å². The van der Waals surface area contributed by atoms with Gasteiger partial charge in [0.2, 0.25) is 0 Å². The number of carbonyl (C=O) groups is 1. The van der Waals surface area contributed by atoms with Crippen molar-refractivity contribution in [2.45, 2.75) is 6.92 Å². The lowest BCUT2D eigenvalue weighted by Crippen LogP contribution is -1.98. The number of rotatable bonds is 2. The van der Waals surface area contributed by atoms with Gasteiger partial charge in [-0.2, -0.15) is 5.26 Å². The molecule has 0 bridgehead atoms. The van der Waals surface area contributed by atoms with E-state index in [1.165, 1.54) is 18.3 Å². The van der Waals surface area contributed by atoms with Crippen LogP contribution in [0.25, 0.3) is 5.57 Å². The molecule has 1 aromatic heterocycles. The number of thiophene rings is 1. The van der Waals surface area contributed by atoms with Crippen molar-refractivity contribution < 1.29 is 9.90 Å². The molecular formula is C9H7NO2S. The van der Waals surface area contributed by atoms with Crippen LogP contribution in [0.5, 0.6) is 0 Å². The highest BCUT2D eigenvalue weighted by molar-refractivity contribution is 7.11. The van der Waals surface area contributed by atoms with E-state index in [1.54, 1.807) is 12.1 Å². The van der Waals surface area contributed by atoms with Gasteiger partial charge in [0.25, 0.3) is 0 Å². The van der Waals surface area contributed by atoms with Crippen LogP contribution in [-0.2, 0) is 4.79 Å². The van der Waals surface area contributed by atoms with E-state index in [1.807, 2.05) is 11.4 Å². The highest BCUT2D eigenvalue weighted by Crippen LogP contribution is 2.22. The second-order valence-corrected chi connectivity index (χ2v) is 3.34. The largest absolute Gasteiger partial charge is 0.478 e. The van der Waals surface area contributed by atoms with Gasteiger partial charge in [0.1, 0.15) is 6.07 Å². The summed E-state index contributed by atoms with van der Waals surface area (Å²) < 4.78 is 0. The monoisotopic (exact) mass is 193 g/mol. The highest BCUT2D eigenvalue weighted by Gasteiger charge is 2.11. The molecule has 0 radical (unpaired) electrons. The van der Waals surface area contributed by atoms with Crippen molar-refractivity contribution in [2.24, 2.45) is 0 Å². The van der Waals surface area contributed by atoms with Crippen LogP contribution in [0.1, 0.15) is 11.8 Å². The van der Waals surface area contributed by atoms with Crippen LogP contribution in [0.4, 0.5) is 0 Å². The molecule has 13 heavy (non-hydrogen) atoms. The van der Waals surface area contributed by atoms with Crippen LogP contribution < -0.4 is 0 Å². The Morgan fingerprint density at radius 2 is 2.38 bits per heavy atom. The summed E-state index contributed by atoms with van der Waals surface area (Å²) in [6, 6.07) is 5.41. The minimum atomic E-state index is -1.05. The first-order chi connectivity index (χ1) is 6.16. The Hall–Kier alpha value is -1.60. The number of carboxylic acids is 1. The summed E-state index contributed by atoms with van der Waals surface area (Å²) in [5.74, 6) is -1.05. The van der Waals surface area contributed by atoms with Crippen LogP contribution in [0.15, 0.2) is 23.1 Å². The lowest BCUT2D eigenvalue weighted by Gasteiger charge is -1.96. The van der Waals surface area contributed by atoms with E-state index < -0.39 is 5.97 Å². The Morgan fingerprint density at radius 1 is 1.69 bits per heavy atom. The first-order valence-electron chi connectivity index (χ1n) is 3.55. The van der Waals surface area contributed by atoms with Crippen molar-refractivity contribution in [3.8, 4) is 6.07 Å².